The van der Waals surface area contributed by atoms with Crippen molar-refractivity contribution in [1.29, 1.82) is 0 Å². The molecule has 0 aromatic carbocycles. The van der Waals surface area contributed by atoms with Crippen molar-refractivity contribution in [2.24, 2.45) is 11.8 Å². The van der Waals surface area contributed by atoms with Gasteiger partial charge in [0.15, 0.2) is 0 Å². The third kappa shape index (κ3) is 5.81. The van der Waals surface area contributed by atoms with Gasteiger partial charge in [0.05, 0.1) is 5.60 Å². The molecule has 1 atom stereocenters. The molecule has 0 fully saturated rings. The van der Waals surface area contributed by atoms with Gasteiger partial charge in [0.25, 0.3) is 0 Å². The molecule has 2 nitrogen and oxygen atoms in total. The number of hydrogen-bond acceptors (Lipinski definition) is 2. The quantitative estimate of drug-likeness (QED) is 0.716. The SMILES string of the molecule is CC(=O)C(CCC(C)(C)O)C(C)C. The highest BCUT2D eigenvalue weighted by molar-refractivity contribution is 5.78. The van der Waals surface area contributed by atoms with Gasteiger partial charge < -0.3 is 5.11 Å². The Balaban J connectivity index is 4.06. The molecule has 0 aliphatic carbocycles. The van der Waals surface area contributed by atoms with Gasteiger partial charge in [-0.2, -0.15) is 0 Å². The Bertz CT molecular complexity index is 165. The van der Waals surface area contributed by atoms with E-state index in [-0.39, 0.29) is 11.7 Å². The molecule has 0 aliphatic heterocycles. The minimum atomic E-state index is -0.650. The van der Waals surface area contributed by atoms with E-state index in [1.54, 1.807) is 20.8 Å². The largest absolute Gasteiger partial charge is 0.390 e. The van der Waals surface area contributed by atoms with Gasteiger partial charge in [-0.1, -0.05) is 13.8 Å². The molecule has 78 valence electrons. The summed E-state index contributed by atoms with van der Waals surface area (Å²) < 4.78 is 0. The summed E-state index contributed by atoms with van der Waals surface area (Å²) in [5.41, 5.74) is -0.650. The maximum Gasteiger partial charge on any atom is 0.133 e. The number of ketones is 1. The predicted octanol–water partition coefficient (Wildman–Crippen LogP) is 2.40. The lowest BCUT2D eigenvalue weighted by molar-refractivity contribution is -0.122. The van der Waals surface area contributed by atoms with Gasteiger partial charge in [-0.15, -0.1) is 0 Å². The Labute approximate surface area is 81.3 Å². The molecule has 0 heterocycles. The molecular formula is C11H22O2. The summed E-state index contributed by atoms with van der Waals surface area (Å²) >= 11 is 0. The van der Waals surface area contributed by atoms with Crippen molar-refractivity contribution in [2.45, 2.75) is 53.1 Å². The van der Waals surface area contributed by atoms with Crippen LogP contribution in [0.3, 0.4) is 0 Å². The molecule has 0 saturated carbocycles. The Morgan fingerprint density at radius 3 is 2.08 bits per heavy atom. The first-order valence-electron chi connectivity index (χ1n) is 4.97. The fourth-order valence-electron chi connectivity index (χ4n) is 1.51. The maximum atomic E-state index is 11.2. The van der Waals surface area contributed by atoms with Gasteiger partial charge in [0, 0.05) is 5.92 Å². The number of Topliss-reactive ketones (excluding diaryl/α,β-unsaturated/α-hetero) is 1. The summed E-state index contributed by atoms with van der Waals surface area (Å²) in [6.07, 6.45) is 1.48. The summed E-state index contributed by atoms with van der Waals surface area (Å²) in [5, 5.41) is 9.52. The lowest BCUT2D eigenvalue weighted by atomic mass is 9.85. The van der Waals surface area contributed by atoms with Gasteiger partial charge in [-0.05, 0) is 39.5 Å². The van der Waals surface area contributed by atoms with Crippen molar-refractivity contribution < 1.29 is 9.90 Å². The van der Waals surface area contributed by atoms with Crippen LogP contribution < -0.4 is 0 Å². The number of hydrogen-bond donors (Lipinski definition) is 1. The molecule has 0 saturated heterocycles. The molecule has 1 N–H and O–H groups in total. The van der Waals surface area contributed by atoms with E-state index >= 15 is 0 Å². The van der Waals surface area contributed by atoms with Crippen molar-refractivity contribution in [3.05, 3.63) is 0 Å². The number of carbonyl (C=O) groups is 1. The zero-order valence-corrected chi connectivity index (χ0v) is 9.42. The molecule has 1 unspecified atom stereocenters. The zero-order valence-electron chi connectivity index (χ0n) is 9.42. The Morgan fingerprint density at radius 1 is 1.38 bits per heavy atom. The first-order chi connectivity index (χ1) is 5.74. The van der Waals surface area contributed by atoms with Gasteiger partial charge >= 0.3 is 0 Å². The van der Waals surface area contributed by atoms with Crippen LogP contribution in [0.25, 0.3) is 0 Å². The topological polar surface area (TPSA) is 37.3 Å². The molecule has 0 amide bonds. The molecule has 2 heteroatoms. The maximum absolute atomic E-state index is 11.2. The van der Waals surface area contributed by atoms with Crippen LogP contribution >= 0.6 is 0 Å². The average molecular weight is 186 g/mol. The third-order valence-electron chi connectivity index (χ3n) is 2.39. The summed E-state index contributed by atoms with van der Waals surface area (Å²) in [4.78, 5) is 11.2. The monoisotopic (exact) mass is 186 g/mol. The van der Waals surface area contributed by atoms with Crippen LogP contribution in [0.15, 0.2) is 0 Å². The van der Waals surface area contributed by atoms with Gasteiger partial charge in [-0.25, -0.2) is 0 Å². The molecule has 0 spiro atoms. The van der Waals surface area contributed by atoms with Crippen molar-refractivity contribution in [3.8, 4) is 0 Å². The summed E-state index contributed by atoms with van der Waals surface area (Å²) in [6, 6.07) is 0. The summed E-state index contributed by atoms with van der Waals surface area (Å²) in [7, 11) is 0. The number of carbonyl (C=O) groups excluding carboxylic acids is 1. The molecule has 0 rings (SSSR count). The van der Waals surface area contributed by atoms with E-state index in [0.717, 1.165) is 6.42 Å². The third-order valence-corrected chi connectivity index (χ3v) is 2.39. The van der Waals surface area contributed by atoms with Crippen LogP contribution in [-0.4, -0.2) is 16.5 Å². The molecule has 0 bridgehead atoms. The Kier molecular flexibility index (Phi) is 4.62. The summed E-state index contributed by atoms with van der Waals surface area (Å²) in [5.74, 6) is 0.713. The minimum Gasteiger partial charge on any atom is -0.390 e. The highest BCUT2D eigenvalue weighted by Gasteiger charge is 2.22. The second-order valence-corrected chi connectivity index (χ2v) is 4.81. The predicted molar refractivity (Wildman–Crippen MR) is 54.5 cm³/mol. The van der Waals surface area contributed by atoms with E-state index in [2.05, 4.69) is 13.8 Å². The Morgan fingerprint density at radius 2 is 1.85 bits per heavy atom. The van der Waals surface area contributed by atoms with Crippen molar-refractivity contribution in [2.75, 3.05) is 0 Å². The van der Waals surface area contributed by atoms with Crippen molar-refractivity contribution in [3.63, 3.8) is 0 Å². The van der Waals surface area contributed by atoms with Gasteiger partial charge in [-0.3, -0.25) is 4.79 Å². The highest BCUT2D eigenvalue weighted by Crippen LogP contribution is 2.22. The van der Waals surface area contributed by atoms with Crippen molar-refractivity contribution >= 4 is 5.78 Å². The molecule has 13 heavy (non-hydrogen) atoms. The van der Waals surface area contributed by atoms with Crippen LogP contribution in [0.2, 0.25) is 0 Å². The van der Waals surface area contributed by atoms with Crippen LogP contribution in [0, 0.1) is 11.8 Å². The van der Waals surface area contributed by atoms with Crippen LogP contribution in [0.5, 0.6) is 0 Å². The van der Waals surface area contributed by atoms with Gasteiger partial charge in [0.1, 0.15) is 5.78 Å². The first-order valence-corrected chi connectivity index (χ1v) is 4.97. The van der Waals surface area contributed by atoms with E-state index in [1.807, 2.05) is 0 Å². The highest BCUT2D eigenvalue weighted by atomic mass is 16.3. The second kappa shape index (κ2) is 4.75. The molecule has 0 radical (unpaired) electrons. The zero-order chi connectivity index (χ0) is 10.6. The standard InChI is InChI=1S/C11H22O2/c1-8(2)10(9(3)12)6-7-11(4,5)13/h8,10,13H,6-7H2,1-5H3. The first kappa shape index (κ1) is 12.6. The lowest BCUT2D eigenvalue weighted by Crippen LogP contribution is -2.24. The fourth-order valence-corrected chi connectivity index (χ4v) is 1.51. The number of aliphatic hydroxyl groups is 1. The number of rotatable bonds is 5. The average Bonchev–Trinajstić information content (AvgIpc) is 1.82. The van der Waals surface area contributed by atoms with Gasteiger partial charge in [0.2, 0.25) is 0 Å². The van der Waals surface area contributed by atoms with E-state index < -0.39 is 5.60 Å². The Hall–Kier alpha value is -0.370. The molecule has 0 aromatic heterocycles. The fraction of sp³-hybridized carbons (Fsp3) is 0.909. The van der Waals surface area contributed by atoms with E-state index in [1.165, 1.54) is 0 Å². The van der Waals surface area contributed by atoms with Crippen LogP contribution in [0.1, 0.15) is 47.5 Å². The molecule has 0 aromatic rings. The summed E-state index contributed by atoms with van der Waals surface area (Å²) in [6.45, 7) is 9.30. The normalized spacial score (nSPS) is 14.7. The smallest absolute Gasteiger partial charge is 0.133 e. The van der Waals surface area contributed by atoms with E-state index in [9.17, 15) is 9.90 Å². The van der Waals surface area contributed by atoms with Crippen LogP contribution in [-0.2, 0) is 4.79 Å². The second-order valence-electron chi connectivity index (χ2n) is 4.81. The van der Waals surface area contributed by atoms with Crippen molar-refractivity contribution in [1.82, 2.24) is 0 Å². The minimum absolute atomic E-state index is 0.103. The van der Waals surface area contributed by atoms with E-state index in [4.69, 9.17) is 0 Å². The molecular weight excluding hydrogens is 164 g/mol. The van der Waals surface area contributed by atoms with Crippen LogP contribution in [0.4, 0.5) is 0 Å². The molecule has 0 aliphatic rings. The van der Waals surface area contributed by atoms with E-state index in [0.29, 0.717) is 12.3 Å². The lowest BCUT2D eigenvalue weighted by Gasteiger charge is -2.22.